The number of hydrogen-bond acceptors (Lipinski definition) is 5. The number of aromatic nitrogens is 1. The van der Waals surface area contributed by atoms with Gasteiger partial charge in [-0.05, 0) is 45.1 Å². The first-order valence-corrected chi connectivity index (χ1v) is 9.47. The minimum atomic E-state index is -3.07. The minimum Gasteiger partial charge on any atom is -0.321 e. The second-order valence-electron chi connectivity index (χ2n) is 6.23. The van der Waals surface area contributed by atoms with E-state index in [2.05, 4.69) is 10.3 Å². The number of hydrogen-bond donors (Lipinski definition) is 1. The van der Waals surface area contributed by atoms with E-state index >= 15 is 0 Å². The van der Waals surface area contributed by atoms with Gasteiger partial charge in [-0.1, -0.05) is 0 Å². The molecule has 1 aromatic rings. The topological polar surface area (TPSA) is 82.6 Å². The third kappa shape index (κ3) is 5.18. The summed E-state index contributed by atoms with van der Waals surface area (Å²) in [4.78, 5) is 20.2. The van der Waals surface area contributed by atoms with Crippen LogP contribution in [0.4, 0.5) is 10.6 Å². The number of rotatable bonds is 3. The normalized spacial score (nSPS) is 21.0. The largest absolute Gasteiger partial charge is 0.323 e. The molecule has 0 saturated carbocycles. The molecular formula is C15H24N4O3S. The Labute approximate surface area is 137 Å². The highest BCUT2D eigenvalue weighted by Crippen LogP contribution is 2.14. The van der Waals surface area contributed by atoms with Gasteiger partial charge >= 0.3 is 6.03 Å². The maximum Gasteiger partial charge on any atom is 0.323 e. The van der Waals surface area contributed by atoms with Crippen LogP contribution in [0.15, 0.2) is 18.3 Å². The first-order valence-electron chi connectivity index (χ1n) is 7.64. The Morgan fingerprint density at radius 3 is 2.91 bits per heavy atom. The summed E-state index contributed by atoms with van der Waals surface area (Å²) in [6.07, 6.45) is 2.12. The maximum absolute atomic E-state index is 12.4. The Morgan fingerprint density at radius 2 is 2.22 bits per heavy atom. The number of nitrogens with one attached hydrogen (secondary N) is 1. The monoisotopic (exact) mass is 340 g/mol. The van der Waals surface area contributed by atoms with Crippen molar-refractivity contribution in [1.82, 2.24) is 14.8 Å². The smallest absolute Gasteiger partial charge is 0.321 e. The molecule has 2 amide bonds. The standard InChI is InChI=1S/C15H24N4O3S/c1-12-11-23(21,22)8-4-7-19(12)15(20)17-14-9-13(5-6-16-14)10-18(2)3/h5-6,9,12H,4,7-8,10-11H2,1-3H3,(H,16,17,20). The quantitative estimate of drug-likeness (QED) is 0.893. The highest BCUT2D eigenvalue weighted by Gasteiger charge is 2.28. The summed E-state index contributed by atoms with van der Waals surface area (Å²) < 4.78 is 23.6. The Balaban J connectivity index is 2.06. The molecule has 1 fully saturated rings. The van der Waals surface area contributed by atoms with Gasteiger partial charge in [0.15, 0.2) is 9.84 Å². The van der Waals surface area contributed by atoms with Gasteiger partial charge in [0.1, 0.15) is 5.82 Å². The highest BCUT2D eigenvalue weighted by molar-refractivity contribution is 7.91. The lowest BCUT2D eigenvalue weighted by Crippen LogP contribution is -2.43. The molecule has 7 nitrogen and oxygen atoms in total. The lowest BCUT2D eigenvalue weighted by atomic mass is 10.2. The van der Waals surface area contributed by atoms with Crippen LogP contribution in [0.5, 0.6) is 0 Å². The Morgan fingerprint density at radius 1 is 1.48 bits per heavy atom. The molecule has 0 spiro atoms. The molecule has 0 bridgehead atoms. The van der Waals surface area contributed by atoms with E-state index in [9.17, 15) is 13.2 Å². The fourth-order valence-corrected chi connectivity index (χ4v) is 4.36. The van der Waals surface area contributed by atoms with Crippen molar-refractivity contribution in [2.45, 2.75) is 25.9 Å². The fraction of sp³-hybridized carbons (Fsp3) is 0.600. The maximum atomic E-state index is 12.4. The van der Waals surface area contributed by atoms with Gasteiger partial charge in [-0.2, -0.15) is 0 Å². The molecule has 0 aliphatic carbocycles. The zero-order valence-electron chi connectivity index (χ0n) is 13.8. The predicted molar refractivity (Wildman–Crippen MR) is 90.1 cm³/mol. The average molecular weight is 340 g/mol. The minimum absolute atomic E-state index is 0.00845. The van der Waals surface area contributed by atoms with Crippen molar-refractivity contribution < 1.29 is 13.2 Å². The summed E-state index contributed by atoms with van der Waals surface area (Å²) in [5.41, 5.74) is 1.05. The summed E-state index contributed by atoms with van der Waals surface area (Å²) in [6.45, 7) is 2.95. The van der Waals surface area contributed by atoms with Gasteiger partial charge < -0.3 is 9.80 Å². The van der Waals surface area contributed by atoms with Gasteiger partial charge in [0, 0.05) is 25.3 Å². The molecular weight excluding hydrogens is 316 g/mol. The number of carbonyl (C=O) groups excluding carboxylic acids is 1. The van der Waals surface area contributed by atoms with E-state index in [0.29, 0.717) is 18.8 Å². The van der Waals surface area contributed by atoms with Crippen LogP contribution < -0.4 is 5.32 Å². The van der Waals surface area contributed by atoms with E-state index in [1.807, 2.05) is 31.1 Å². The molecule has 128 valence electrons. The fourth-order valence-electron chi connectivity index (χ4n) is 2.71. The molecule has 8 heteroatoms. The van der Waals surface area contributed by atoms with Crippen molar-refractivity contribution in [2.75, 3.05) is 37.5 Å². The van der Waals surface area contributed by atoms with Gasteiger partial charge in [0.05, 0.1) is 11.5 Å². The lowest BCUT2D eigenvalue weighted by Gasteiger charge is -2.26. The predicted octanol–water partition coefficient (Wildman–Crippen LogP) is 1.18. The Kier molecular flexibility index (Phi) is 5.59. The van der Waals surface area contributed by atoms with Crippen molar-refractivity contribution in [3.8, 4) is 0 Å². The Hall–Kier alpha value is -1.67. The van der Waals surface area contributed by atoms with Crippen LogP contribution in [0.25, 0.3) is 0 Å². The first kappa shape index (κ1) is 17.7. The van der Waals surface area contributed by atoms with Crippen molar-refractivity contribution in [1.29, 1.82) is 0 Å². The van der Waals surface area contributed by atoms with Gasteiger partial charge in [-0.15, -0.1) is 0 Å². The van der Waals surface area contributed by atoms with Gasteiger partial charge in [0.25, 0.3) is 0 Å². The highest BCUT2D eigenvalue weighted by atomic mass is 32.2. The van der Waals surface area contributed by atoms with E-state index in [0.717, 1.165) is 12.1 Å². The van der Waals surface area contributed by atoms with Crippen LogP contribution >= 0.6 is 0 Å². The van der Waals surface area contributed by atoms with E-state index in [1.54, 1.807) is 18.0 Å². The van der Waals surface area contributed by atoms with E-state index < -0.39 is 9.84 Å². The number of urea groups is 1. The van der Waals surface area contributed by atoms with Gasteiger partial charge in [0.2, 0.25) is 0 Å². The van der Waals surface area contributed by atoms with E-state index in [4.69, 9.17) is 0 Å². The molecule has 1 aromatic heterocycles. The molecule has 0 aromatic carbocycles. The molecule has 1 aliphatic heterocycles. The van der Waals surface area contributed by atoms with Crippen LogP contribution in [0.3, 0.4) is 0 Å². The average Bonchev–Trinajstić information content (AvgIpc) is 2.55. The zero-order valence-corrected chi connectivity index (χ0v) is 14.6. The second kappa shape index (κ2) is 7.27. The van der Waals surface area contributed by atoms with E-state index in [-0.39, 0.29) is 23.6 Å². The third-order valence-corrected chi connectivity index (χ3v) is 5.60. The summed E-state index contributed by atoms with van der Waals surface area (Å²) in [7, 11) is 0.870. The SMILES string of the molecule is CC1CS(=O)(=O)CCCN1C(=O)Nc1cc(CN(C)C)ccn1. The van der Waals surface area contributed by atoms with Crippen LogP contribution in [0.1, 0.15) is 18.9 Å². The van der Waals surface area contributed by atoms with Crippen molar-refractivity contribution in [2.24, 2.45) is 0 Å². The third-order valence-electron chi connectivity index (χ3n) is 3.70. The van der Waals surface area contributed by atoms with Crippen LogP contribution in [-0.4, -0.2) is 67.4 Å². The summed E-state index contributed by atoms with van der Waals surface area (Å²) in [6, 6.07) is 3.09. The Bertz CT molecular complexity index is 660. The number of sulfone groups is 1. The lowest BCUT2D eigenvalue weighted by molar-refractivity contribution is 0.199. The molecule has 1 saturated heterocycles. The summed E-state index contributed by atoms with van der Waals surface area (Å²) in [5.74, 6) is 0.625. The van der Waals surface area contributed by atoms with Gasteiger partial charge in [-0.25, -0.2) is 18.2 Å². The van der Waals surface area contributed by atoms with Crippen LogP contribution in [0.2, 0.25) is 0 Å². The zero-order chi connectivity index (χ0) is 17.0. The molecule has 0 radical (unpaired) electrons. The molecule has 1 N–H and O–H groups in total. The van der Waals surface area contributed by atoms with Crippen molar-refractivity contribution >= 4 is 21.7 Å². The number of carbonyl (C=O) groups is 1. The van der Waals surface area contributed by atoms with Crippen molar-refractivity contribution in [3.63, 3.8) is 0 Å². The number of amides is 2. The molecule has 23 heavy (non-hydrogen) atoms. The van der Waals surface area contributed by atoms with Crippen LogP contribution in [0, 0.1) is 0 Å². The van der Waals surface area contributed by atoms with Crippen molar-refractivity contribution in [3.05, 3.63) is 23.9 Å². The number of nitrogens with zero attached hydrogens (tertiary/aromatic N) is 3. The summed E-state index contributed by atoms with van der Waals surface area (Å²) >= 11 is 0. The number of anilines is 1. The second-order valence-corrected chi connectivity index (χ2v) is 8.46. The molecule has 2 rings (SSSR count). The first-order chi connectivity index (χ1) is 10.8. The molecule has 1 unspecified atom stereocenters. The molecule has 1 aliphatic rings. The summed E-state index contributed by atoms with van der Waals surface area (Å²) in [5, 5.41) is 2.77. The number of pyridine rings is 1. The van der Waals surface area contributed by atoms with E-state index in [1.165, 1.54) is 0 Å². The van der Waals surface area contributed by atoms with Crippen LogP contribution in [-0.2, 0) is 16.4 Å². The molecule has 2 heterocycles. The molecule has 1 atom stereocenters. The van der Waals surface area contributed by atoms with Gasteiger partial charge in [-0.3, -0.25) is 5.32 Å².